The number of carbonyl (C=O) groups is 1. The molecule has 138 valence electrons. The monoisotopic (exact) mass is 372 g/mol. The number of halogens is 1. The predicted octanol–water partition coefficient (Wildman–Crippen LogP) is 4.23. The van der Waals surface area contributed by atoms with Crippen molar-refractivity contribution in [3.05, 3.63) is 64.7 Å². The van der Waals surface area contributed by atoms with E-state index in [-0.39, 0.29) is 12.0 Å². The van der Waals surface area contributed by atoms with E-state index in [1.165, 1.54) is 0 Å². The average molecular weight is 373 g/mol. The Balaban J connectivity index is 1.79. The van der Waals surface area contributed by atoms with Crippen LogP contribution < -0.4 is 4.90 Å². The number of hydrogen-bond acceptors (Lipinski definition) is 3. The third-order valence-corrected chi connectivity index (χ3v) is 4.87. The number of ether oxygens (including phenoxy) is 1. The van der Waals surface area contributed by atoms with Gasteiger partial charge in [0.05, 0.1) is 6.10 Å². The number of amides is 1. The molecule has 2 aromatic rings. The van der Waals surface area contributed by atoms with Gasteiger partial charge in [-0.3, -0.25) is 4.79 Å². The first kappa shape index (κ1) is 18.7. The van der Waals surface area contributed by atoms with E-state index in [1.807, 2.05) is 31.1 Å². The Morgan fingerprint density at radius 2 is 1.96 bits per heavy atom. The molecule has 0 aliphatic carbocycles. The Morgan fingerprint density at radius 1 is 1.19 bits per heavy atom. The summed E-state index contributed by atoms with van der Waals surface area (Å²) in [6.07, 6.45) is 2.17. The zero-order chi connectivity index (χ0) is 18.5. The van der Waals surface area contributed by atoms with E-state index in [4.69, 9.17) is 16.3 Å². The van der Waals surface area contributed by atoms with Gasteiger partial charge in [-0.05, 0) is 48.7 Å². The molecule has 4 nitrogen and oxygen atoms in total. The van der Waals surface area contributed by atoms with Crippen molar-refractivity contribution in [2.45, 2.75) is 25.5 Å². The molecule has 0 aromatic heterocycles. The molecule has 5 heteroatoms. The van der Waals surface area contributed by atoms with Crippen LogP contribution in [0.3, 0.4) is 0 Å². The molecule has 1 aliphatic rings. The Kier molecular flexibility index (Phi) is 6.17. The highest BCUT2D eigenvalue weighted by Crippen LogP contribution is 2.20. The van der Waals surface area contributed by atoms with Crippen molar-refractivity contribution in [1.82, 2.24) is 4.90 Å². The number of benzene rings is 2. The van der Waals surface area contributed by atoms with Crippen LogP contribution in [0.25, 0.3) is 0 Å². The third kappa shape index (κ3) is 4.77. The summed E-state index contributed by atoms with van der Waals surface area (Å²) in [5.74, 6) is -0.0142. The van der Waals surface area contributed by atoms with E-state index in [0.717, 1.165) is 30.7 Å². The second kappa shape index (κ2) is 8.56. The Bertz CT molecular complexity index is 740. The zero-order valence-electron chi connectivity index (χ0n) is 15.3. The van der Waals surface area contributed by atoms with Crippen molar-refractivity contribution in [2.75, 3.05) is 32.1 Å². The quantitative estimate of drug-likeness (QED) is 0.760. The van der Waals surface area contributed by atoms with Gasteiger partial charge in [0.2, 0.25) is 0 Å². The molecule has 1 fully saturated rings. The van der Waals surface area contributed by atoms with E-state index in [0.29, 0.717) is 23.7 Å². The van der Waals surface area contributed by atoms with E-state index in [9.17, 15) is 4.79 Å². The van der Waals surface area contributed by atoms with Gasteiger partial charge in [0.15, 0.2) is 0 Å². The summed E-state index contributed by atoms with van der Waals surface area (Å²) in [7, 11) is 4.03. The summed E-state index contributed by atoms with van der Waals surface area (Å²) in [6.45, 7) is 1.93. The summed E-state index contributed by atoms with van der Waals surface area (Å²) in [6, 6.07) is 15.4. The number of nitrogens with zero attached hydrogens (tertiary/aromatic N) is 2. The first-order chi connectivity index (χ1) is 12.5. The van der Waals surface area contributed by atoms with Gasteiger partial charge in [-0.2, -0.15) is 0 Å². The van der Waals surface area contributed by atoms with E-state index in [1.54, 1.807) is 12.1 Å². The van der Waals surface area contributed by atoms with Crippen LogP contribution in [-0.4, -0.2) is 44.2 Å². The van der Waals surface area contributed by atoms with Crippen LogP contribution in [0.1, 0.15) is 28.8 Å². The summed E-state index contributed by atoms with van der Waals surface area (Å²) in [4.78, 5) is 17.0. The second-order valence-corrected chi connectivity index (χ2v) is 7.33. The minimum absolute atomic E-state index is 0.0142. The van der Waals surface area contributed by atoms with Crippen molar-refractivity contribution in [3.63, 3.8) is 0 Å². The van der Waals surface area contributed by atoms with Gasteiger partial charge in [0.1, 0.15) is 0 Å². The zero-order valence-corrected chi connectivity index (χ0v) is 16.1. The largest absolute Gasteiger partial charge is 0.378 e. The molecule has 3 rings (SSSR count). The summed E-state index contributed by atoms with van der Waals surface area (Å²) in [5, 5.41) is 0.572. The highest BCUT2D eigenvalue weighted by atomic mass is 35.5. The first-order valence-corrected chi connectivity index (χ1v) is 9.33. The Morgan fingerprint density at radius 3 is 2.58 bits per heavy atom. The van der Waals surface area contributed by atoms with Crippen LogP contribution in [0.2, 0.25) is 5.02 Å². The molecule has 0 bridgehead atoms. The molecule has 0 saturated carbocycles. The second-order valence-electron chi connectivity index (χ2n) is 6.89. The molecule has 1 amide bonds. The van der Waals surface area contributed by atoms with Crippen LogP contribution in [0.15, 0.2) is 48.5 Å². The number of hydrogen-bond donors (Lipinski definition) is 0. The SMILES string of the molecule is CN(C)c1ccc(CN(CC2CCCO2)C(=O)c2cccc(Cl)c2)cc1. The molecule has 1 unspecified atom stereocenters. The van der Waals surface area contributed by atoms with E-state index < -0.39 is 0 Å². The first-order valence-electron chi connectivity index (χ1n) is 8.95. The third-order valence-electron chi connectivity index (χ3n) is 4.63. The minimum atomic E-state index is -0.0142. The van der Waals surface area contributed by atoms with Crippen LogP contribution >= 0.6 is 11.6 Å². The fraction of sp³-hybridized carbons (Fsp3) is 0.381. The van der Waals surface area contributed by atoms with Gasteiger partial charge >= 0.3 is 0 Å². The average Bonchev–Trinajstić information content (AvgIpc) is 3.14. The van der Waals surface area contributed by atoms with Crippen molar-refractivity contribution < 1.29 is 9.53 Å². The van der Waals surface area contributed by atoms with Crippen molar-refractivity contribution >= 4 is 23.2 Å². The Labute approximate surface area is 160 Å². The highest BCUT2D eigenvalue weighted by molar-refractivity contribution is 6.30. The molecule has 1 atom stereocenters. The maximum Gasteiger partial charge on any atom is 0.254 e. The normalized spacial score (nSPS) is 16.5. The minimum Gasteiger partial charge on any atom is -0.378 e. The molecule has 0 spiro atoms. The molecule has 1 heterocycles. The lowest BCUT2D eigenvalue weighted by Gasteiger charge is -2.26. The fourth-order valence-electron chi connectivity index (χ4n) is 3.18. The maximum absolute atomic E-state index is 13.1. The number of rotatable bonds is 6. The Hall–Kier alpha value is -2.04. The van der Waals surface area contributed by atoms with E-state index >= 15 is 0 Å². The van der Waals surface area contributed by atoms with Crippen LogP contribution in [0.4, 0.5) is 5.69 Å². The van der Waals surface area contributed by atoms with Gasteiger partial charge in [0, 0.05) is 50.1 Å². The lowest BCUT2D eigenvalue weighted by atomic mass is 10.1. The highest BCUT2D eigenvalue weighted by Gasteiger charge is 2.23. The standard InChI is InChI=1S/C21H25ClN2O2/c1-23(2)19-10-8-16(9-11-19)14-24(15-20-7-4-12-26-20)21(25)17-5-3-6-18(22)13-17/h3,5-6,8-11,13,20H,4,7,12,14-15H2,1-2H3. The van der Waals surface area contributed by atoms with Gasteiger partial charge in [0.25, 0.3) is 5.91 Å². The number of anilines is 1. The van der Waals surface area contributed by atoms with E-state index in [2.05, 4.69) is 29.2 Å². The molecular weight excluding hydrogens is 348 g/mol. The lowest BCUT2D eigenvalue weighted by molar-refractivity contribution is 0.0507. The number of carbonyl (C=O) groups excluding carboxylic acids is 1. The van der Waals surface area contributed by atoms with Crippen molar-refractivity contribution in [3.8, 4) is 0 Å². The molecule has 0 N–H and O–H groups in total. The van der Waals surface area contributed by atoms with Crippen LogP contribution in [0.5, 0.6) is 0 Å². The topological polar surface area (TPSA) is 32.8 Å². The molecule has 26 heavy (non-hydrogen) atoms. The molecule has 0 radical (unpaired) electrons. The van der Waals surface area contributed by atoms with Crippen molar-refractivity contribution in [1.29, 1.82) is 0 Å². The van der Waals surface area contributed by atoms with Gasteiger partial charge in [-0.1, -0.05) is 29.8 Å². The molecule has 2 aromatic carbocycles. The fourth-order valence-corrected chi connectivity index (χ4v) is 3.37. The molecule has 1 aliphatic heterocycles. The molecular formula is C21H25ClN2O2. The lowest BCUT2D eigenvalue weighted by Crippen LogP contribution is -2.37. The van der Waals surface area contributed by atoms with Gasteiger partial charge < -0.3 is 14.5 Å². The van der Waals surface area contributed by atoms with Crippen LogP contribution in [0, 0.1) is 0 Å². The summed E-state index contributed by atoms with van der Waals surface area (Å²) in [5.41, 5.74) is 2.85. The maximum atomic E-state index is 13.1. The van der Waals surface area contributed by atoms with Gasteiger partial charge in [-0.15, -0.1) is 0 Å². The smallest absolute Gasteiger partial charge is 0.254 e. The van der Waals surface area contributed by atoms with Gasteiger partial charge in [-0.25, -0.2) is 0 Å². The van der Waals surface area contributed by atoms with Crippen molar-refractivity contribution in [2.24, 2.45) is 0 Å². The van der Waals surface area contributed by atoms with Crippen LogP contribution in [-0.2, 0) is 11.3 Å². The summed E-state index contributed by atoms with van der Waals surface area (Å²) < 4.78 is 5.75. The molecule has 1 saturated heterocycles. The predicted molar refractivity (Wildman–Crippen MR) is 106 cm³/mol. The summed E-state index contributed by atoms with van der Waals surface area (Å²) >= 11 is 6.07.